The fourth-order valence-electron chi connectivity index (χ4n) is 3.63. The van der Waals surface area contributed by atoms with Crippen molar-refractivity contribution in [1.82, 2.24) is 0 Å². The van der Waals surface area contributed by atoms with Gasteiger partial charge in [0.2, 0.25) is 5.91 Å². The fourth-order valence-corrected chi connectivity index (χ4v) is 3.63. The van der Waals surface area contributed by atoms with E-state index in [9.17, 15) is 19.4 Å². The molecule has 0 fully saturated rings. The summed E-state index contributed by atoms with van der Waals surface area (Å²) >= 11 is 0. The Kier molecular flexibility index (Phi) is 4.41. The lowest BCUT2D eigenvalue weighted by molar-refractivity contribution is -0.117. The number of aryl methyl sites for hydroxylation is 1. The molecule has 0 atom stereocenters. The van der Waals surface area contributed by atoms with Gasteiger partial charge < -0.3 is 15.1 Å². The van der Waals surface area contributed by atoms with Gasteiger partial charge in [-0.1, -0.05) is 13.3 Å². The van der Waals surface area contributed by atoms with Gasteiger partial charge in [-0.25, -0.2) is 4.39 Å². The normalized spacial score (nSPS) is 13.4. The van der Waals surface area contributed by atoms with Crippen LogP contribution >= 0.6 is 0 Å². The summed E-state index contributed by atoms with van der Waals surface area (Å²) < 4.78 is 14.5. The number of amides is 1. The lowest BCUT2D eigenvalue weighted by atomic mass is 9.90. The number of fused-ring (bicyclic) bond motifs is 1. The van der Waals surface area contributed by atoms with E-state index < -0.39 is 5.82 Å². The fraction of sp³-hybridized carbons (Fsp3) is 0.350. The highest BCUT2D eigenvalue weighted by Crippen LogP contribution is 2.47. The predicted molar refractivity (Wildman–Crippen MR) is 95.6 cm³/mol. The molecule has 0 radical (unpaired) electrons. The molecule has 25 heavy (non-hydrogen) atoms. The molecule has 132 valence electrons. The molecule has 0 unspecified atom stereocenters. The van der Waals surface area contributed by atoms with Crippen molar-refractivity contribution in [2.75, 3.05) is 11.4 Å². The van der Waals surface area contributed by atoms with Crippen molar-refractivity contribution in [3.8, 4) is 22.6 Å². The molecule has 1 heterocycles. The molecule has 0 aromatic heterocycles. The van der Waals surface area contributed by atoms with Crippen LogP contribution in [-0.4, -0.2) is 22.7 Å². The van der Waals surface area contributed by atoms with Crippen molar-refractivity contribution in [3.63, 3.8) is 0 Å². The lowest BCUT2D eigenvalue weighted by Crippen LogP contribution is -2.25. The van der Waals surface area contributed by atoms with Crippen molar-refractivity contribution in [3.05, 3.63) is 40.7 Å². The number of rotatable bonds is 4. The van der Waals surface area contributed by atoms with Gasteiger partial charge in [0.1, 0.15) is 17.3 Å². The van der Waals surface area contributed by atoms with Crippen LogP contribution in [0.15, 0.2) is 18.2 Å². The van der Waals surface area contributed by atoms with Crippen LogP contribution < -0.4 is 4.90 Å². The van der Waals surface area contributed by atoms with Crippen LogP contribution in [0.3, 0.4) is 0 Å². The van der Waals surface area contributed by atoms with Gasteiger partial charge in [-0.05, 0) is 55.2 Å². The van der Waals surface area contributed by atoms with Crippen molar-refractivity contribution < 1.29 is 19.4 Å². The minimum absolute atomic E-state index is 0.0956. The van der Waals surface area contributed by atoms with Gasteiger partial charge in [-0.3, -0.25) is 4.79 Å². The number of phenolic OH excluding ortho intramolecular Hbond substituents is 2. The van der Waals surface area contributed by atoms with Crippen molar-refractivity contribution in [2.45, 2.75) is 40.0 Å². The number of aromatic hydroxyl groups is 2. The van der Waals surface area contributed by atoms with E-state index in [4.69, 9.17) is 0 Å². The van der Waals surface area contributed by atoms with E-state index in [1.54, 1.807) is 19.1 Å². The maximum absolute atomic E-state index is 14.5. The minimum Gasteiger partial charge on any atom is -0.507 e. The second-order valence-electron chi connectivity index (χ2n) is 6.43. The third-order valence-corrected chi connectivity index (χ3v) is 4.79. The molecule has 4 nitrogen and oxygen atoms in total. The number of carbonyl (C=O) groups excluding carboxylic acids is 1. The Bertz CT molecular complexity index is 838. The largest absolute Gasteiger partial charge is 0.507 e. The smallest absolute Gasteiger partial charge is 0.231 e. The quantitative estimate of drug-likeness (QED) is 0.879. The van der Waals surface area contributed by atoms with Gasteiger partial charge in [-0.15, -0.1) is 0 Å². The molecule has 3 rings (SSSR count). The van der Waals surface area contributed by atoms with Crippen molar-refractivity contribution in [2.24, 2.45) is 0 Å². The van der Waals surface area contributed by atoms with Gasteiger partial charge in [0, 0.05) is 12.1 Å². The number of hydrogen-bond acceptors (Lipinski definition) is 3. The summed E-state index contributed by atoms with van der Waals surface area (Å²) in [6.07, 6.45) is 1.74. The Labute approximate surface area is 146 Å². The first-order chi connectivity index (χ1) is 11.9. The summed E-state index contributed by atoms with van der Waals surface area (Å²) in [7, 11) is 0. The van der Waals surface area contributed by atoms with Crippen LogP contribution in [-0.2, 0) is 17.6 Å². The van der Waals surface area contributed by atoms with E-state index in [0.717, 1.165) is 18.4 Å². The van der Waals surface area contributed by atoms with E-state index in [1.165, 1.54) is 11.0 Å². The molecular weight excluding hydrogens is 321 g/mol. The standard InChI is InChI=1S/C20H22FNO3/c1-4-6-12-7-16(23)20(17(24)8-12)19-11(3)14(21)10-15-13(19)9-18(25)22(15)5-2/h7-8,10,23-24H,4-6,9H2,1-3H3. The summed E-state index contributed by atoms with van der Waals surface area (Å²) in [5.74, 6) is -0.757. The van der Waals surface area contributed by atoms with E-state index in [2.05, 4.69) is 0 Å². The summed E-state index contributed by atoms with van der Waals surface area (Å²) in [4.78, 5) is 13.8. The van der Waals surface area contributed by atoms with Crippen LogP contribution in [0.1, 0.15) is 37.0 Å². The highest BCUT2D eigenvalue weighted by molar-refractivity contribution is 6.05. The molecular formula is C20H22FNO3. The molecule has 2 N–H and O–H groups in total. The topological polar surface area (TPSA) is 60.8 Å². The molecule has 0 saturated carbocycles. The Morgan fingerprint density at radius 2 is 1.76 bits per heavy atom. The van der Waals surface area contributed by atoms with Crippen molar-refractivity contribution >= 4 is 11.6 Å². The number of benzene rings is 2. The van der Waals surface area contributed by atoms with Gasteiger partial charge in [0.25, 0.3) is 0 Å². The summed E-state index contributed by atoms with van der Waals surface area (Å²) in [6.45, 7) is 5.89. The zero-order valence-electron chi connectivity index (χ0n) is 14.7. The maximum Gasteiger partial charge on any atom is 0.231 e. The monoisotopic (exact) mass is 343 g/mol. The van der Waals surface area contributed by atoms with Crippen LogP contribution in [0.4, 0.5) is 10.1 Å². The number of hydrogen-bond donors (Lipinski definition) is 2. The van der Waals surface area contributed by atoms with E-state index in [0.29, 0.717) is 28.9 Å². The highest BCUT2D eigenvalue weighted by atomic mass is 19.1. The van der Waals surface area contributed by atoms with Gasteiger partial charge >= 0.3 is 0 Å². The van der Waals surface area contributed by atoms with Gasteiger partial charge in [0.15, 0.2) is 0 Å². The molecule has 5 heteroatoms. The van der Waals surface area contributed by atoms with Crippen LogP contribution in [0.5, 0.6) is 11.5 Å². The first-order valence-electron chi connectivity index (χ1n) is 8.56. The molecule has 2 aromatic rings. The highest BCUT2D eigenvalue weighted by Gasteiger charge is 2.32. The number of anilines is 1. The first-order valence-corrected chi connectivity index (χ1v) is 8.56. The number of likely N-dealkylation sites (N-methyl/N-ethyl adjacent to an activating group) is 1. The first kappa shape index (κ1) is 17.3. The molecule has 1 aliphatic rings. The number of carbonyl (C=O) groups is 1. The molecule has 1 aliphatic heterocycles. The predicted octanol–water partition coefficient (Wildman–Crippen LogP) is 4.07. The molecule has 2 aromatic carbocycles. The summed E-state index contributed by atoms with van der Waals surface area (Å²) in [6, 6.07) is 4.56. The van der Waals surface area contributed by atoms with E-state index >= 15 is 0 Å². The third-order valence-electron chi connectivity index (χ3n) is 4.79. The van der Waals surface area contributed by atoms with Crippen LogP contribution in [0.2, 0.25) is 0 Å². The van der Waals surface area contributed by atoms with Crippen LogP contribution in [0, 0.1) is 12.7 Å². The molecule has 0 bridgehead atoms. The Hall–Kier alpha value is -2.56. The van der Waals surface area contributed by atoms with E-state index in [1.807, 2.05) is 13.8 Å². The number of halogens is 1. The van der Waals surface area contributed by atoms with Gasteiger partial charge in [-0.2, -0.15) is 0 Å². The zero-order valence-corrected chi connectivity index (χ0v) is 14.7. The zero-order chi connectivity index (χ0) is 18.3. The minimum atomic E-state index is -0.460. The number of nitrogens with zero attached hydrogens (tertiary/aromatic N) is 1. The number of phenols is 2. The molecule has 0 aliphatic carbocycles. The molecule has 0 spiro atoms. The second kappa shape index (κ2) is 6.39. The molecule has 1 amide bonds. The molecule has 0 saturated heterocycles. The van der Waals surface area contributed by atoms with Crippen LogP contribution in [0.25, 0.3) is 11.1 Å². The lowest BCUT2D eigenvalue weighted by Gasteiger charge is -2.19. The van der Waals surface area contributed by atoms with Gasteiger partial charge in [0.05, 0.1) is 17.7 Å². The van der Waals surface area contributed by atoms with Crippen molar-refractivity contribution in [1.29, 1.82) is 0 Å². The SMILES string of the molecule is CCCc1cc(O)c(-c2c(C)c(F)cc3c2CC(=O)N3CC)c(O)c1. The Morgan fingerprint density at radius 1 is 1.12 bits per heavy atom. The average molecular weight is 343 g/mol. The maximum atomic E-state index is 14.5. The van der Waals surface area contributed by atoms with E-state index in [-0.39, 0.29) is 29.4 Å². The Morgan fingerprint density at radius 3 is 2.32 bits per heavy atom. The summed E-state index contributed by atoms with van der Waals surface area (Å²) in [5, 5.41) is 21.0. The Balaban J connectivity index is 2.28. The average Bonchev–Trinajstić information content (AvgIpc) is 2.85. The summed E-state index contributed by atoms with van der Waals surface area (Å²) in [5.41, 5.74) is 2.91. The second-order valence-corrected chi connectivity index (χ2v) is 6.43. The third kappa shape index (κ3) is 2.73.